The second kappa shape index (κ2) is 6.76. The van der Waals surface area contributed by atoms with E-state index in [0.29, 0.717) is 13.0 Å². The van der Waals surface area contributed by atoms with E-state index in [0.717, 1.165) is 19.6 Å². The van der Waals surface area contributed by atoms with Crippen LogP contribution in [0.25, 0.3) is 0 Å². The van der Waals surface area contributed by atoms with Crippen molar-refractivity contribution >= 4 is 5.97 Å². The number of hydrogen-bond acceptors (Lipinski definition) is 5. The predicted octanol–water partition coefficient (Wildman–Crippen LogP) is 0.106. The third kappa shape index (κ3) is 7.30. The zero-order valence-electron chi connectivity index (χ0n) is 8.98. The predicted molar refractivity (Wildman–Crippen MR) is 52.4 cm³/mol. The first-order valence-corrected chi connectivity index (χ1v) is 5.26. The Bertz CT molecular complexity index is 186. The first kappa shape index (κ1) is 12.4. The highest BCUT2D eigenvalue weighted by molar-refractivity contribution is 5.69. The summed E-state index contributed by atoms with van der Waals surface area (Å²) in [6, 6.07) is 0. The van der Waals surface area contributed by atoms with Crippen LogP contribution < -0.4 is 0 Å². The number of epoxide rings is 2. The Morgan fingerprint density at radius 1 is 1.40 bits per heavy atom. The van der Waals surface area contributed by atoms with Gasteiger partial charge in [-0.05, 0) is 6.42 Å². The molecule has 0 saturated carbocycles. The van der Waals surface area contributed by atoms with Crippen LogP contribution in [0.15, 0.2) is 0 Å². The van der Waals surface area contributed by atoms with Gasteiger partial charge in [0.1, 0.15) is 18.8 Å². The summed E-state index contributed by atoms with van der Waals surface area (Å²) in [5.41, 5.74) is 0. The zero-order chi connectivity index (χ0) is 11.1. The molecule has 2 aliphatic rings. The molecule has 0 amide bonds. The van der Waals surface area contributed by atoms with Crippen molar-refractivity contribution in [1.29, 1.82) is 0 Å². The van der Waals surface area contributed by atoms with Crippen molar-refractivity contribution in [3.63, 3.8) is 0 Å². The maximum Gasteiger partial charge on any atom is 0.305 e. The maximum absolute atomic E-state index is 10.7. The van der Waals surface area contributed by atoms with Crippen LogP contribution in [-0.2, 0) is 19.0 Å². The molecule has 2 fully saturated rings. The molecule has 15 heavy (non-hydrogen) atoms. The number of carbonyl (C=O) groups excluding carboxylic acids is 1. The average Bonchev–Trinajstić information content (AvgIpc) is 3.09. The number of carbonyl (C=O) groups is 1. The molecule has 1 N–H and O–H groups in total. The van der Waals surface area contributed by atoms with Gasteiger partial charge < -0.3 is 19.3 Å². The highest BCUT2D eigenvalue weighted by Gasteiger charge is 2.23. The Hall–Kier alpha value is -0.650. The smallest absolute Gasteiger partial charge is 0.305 e. The molecule has 0 bridgehead atoms. The molecular formula is C10H18O5. The van der Waals surface area contributed by atoms with E-state index in [2.05, 4.69) is 4.74 Å². The Kier molecular flexibility index (Phi) is 5.60. The van der Waals surface area contributed by atoms with Gasteiger partial charge in [-0.3, -0.25) is 4.79 Å². The van der Waals surface area contributed by atoms with Crippen molar-refractivity contribution in [3.8, 4) is 0 Å². The molecule has 2 unspecified atom stereocenters. The van der Waals surface area contributed by atoms with Crippen molar-refractivity contribution in [2.45, 2.75) is 32.0 Å². The summed E-state index contributed by atoms with van der Waals surface area (Å²) in [5.74, 6) is -0.113. The summed E-state index contributed by atoms with van der Waals surface area (Å²) in [5, 5.41) is 8.08. The molecule has 0 aromatic carbocycles. The molecule has 2 saturated heterocycles. The number of rotatable bonds is 5. The van der Waals surface area contributed by atoms with Crippen LogP contribution >= 0.6 is 0 Å². The van der Waals surface area contributed by atoms with Crippen LogP contribution in [0, 0.1) is 0 Å². The first-order chi connectivity index (χ1) is 7.26. The van der Waals surface area contributed by atoms with Gasteiger partial charge in [0.05, 0.1) is 19.8 Å². The Labute approximate surface area is 89.3 Å². The minimum atomic E-state index is -0.113. The van der Waals surface area contributed by atoms with E-state index in [9.17, 15) is 4.79 Å². The van der Waals surface area contributed by atoms with Crippen LogP contribution in [0.5, 0.6) is 0 Å². The fourth-order valence-electron chi connectivity index (χ4n) is 0.800. The fourth-order valence-corrected chi connectivity index (χ4v) is 0.800. The molecule has 2 aliphatic heterocycles. The highest BCUT2D eigenvalue weighted by atomic mass is 16.6. The maximum atomic E-state index is 10.7. The van der Waals surface area contributed by atoms with Gasteiger partial charge in [-0.25, -0.2) is 0 Å². The standard InChI is InChI=1S/C7H12O3.C3H6O2/c1-2-3-7(8)10-5-6-4-9-6;4-1-3-2-5-3/h6H,2-5H2,1H3;3-4H,1-2H2. The van der Waals surface area contributed by atoms with E-state index >= 15 is 0 Å². The van der Waals surface area contributed by atoms with Crippen LogP contribution in [0.3, 0.4) is 0 Å². The van der Waals surface area contributed by atoms with Crippen molar-refractivity contribution in [3.05, 3.63) is 0 Å². The van der Waals surface area contributed by atoms with Crippen LogP contribution in [0.2, 0.25) is 0 Å². The number of esters is 1. The van der Waals surface area contributed by atoms with E-state index in [1.807, 2.05) is 6.92 Å². The highest BCUT2D eigenvalue weighted by Crippen LogP contribution is 2.08. The van der Waals surface area contributed by atoms with Gasteiger partial charge in [-0.1, -0.05) is 6.92 Å². The number of aliphatic hydroxyl groups is 1. The van der Waals surface area contributed by atoms with E-state index in [1.54, 1.807) is 0 Å². The van der Waals surface area contributed by atoms with Crippen molar-refractivity contribution < 1.29 is 24.1 Å². The van der Waals surface area contributed by atoms with E-state index < -0.39 is 0 Å². The quantitative estimate of drug-likeness (QED) is 0.523. The summed E-state index contributed by atoms with van der Waals surface area (Å²) < 4.78 is 14.3. The molecule has 0 aromatic heterocycles. The normalized spacial score (nSPS) is 26.3. The Morgan fingerprint density at radius 3 is 2.33 bits per heavy atom. The molecule has 5 heteroatoms. The van der Waals surface area contributed by atoms with Gasteiger partial charge in [0.25, 0.3) is 0 Å². The number of aliphatic hydroxyl groups excluding tert-OH is 1. The minimum absolute atomic E-state index is 0.113. The van der Waals surface area contributed by atoms with Gasteiger partial charge in [0.15, 0.2) is 0 Å². The van der Waals surface area contributed by atoms with Gasteiger partial charge >= 0.3 is 5.97 Å². The SMILES string of the molecule is CCCC(=O)OCC1CO1.OCC1CO1. The summed E-state index contributed by atoms with van der Waals surface area (Å²) >= 11 is 0. The van der Waals surface area contributed by atoms with E-state index in [4.69, 9.17) is 14.6 Å². The van der Waals surface area contributed by atoms with Crippen LogP contribution in [-0.4, -0.2) is 49.7 Å². The summed E-state index contributed by atoms with van der Waals surface area (Å²) in [4.78, 5) is 10.7. The van der Waals surface area contributed by atoms with Crippen molar-refractivity contribution in [2.75, 3.05) is 26.4 Å². The topological polar surface area (TPSA) is 71.6 Å². The fraction of sp³-hybridized carbons (Fsp3) is 0.900. The molecule has 2 heterocycles. The second-order valence-electron chi connectivity index (χ2n) is 3.53. The third-order valence-electron chi connectivity index (χ3n) is 1.89. The lowest BCUT2D eigenvalue weighted by Crippen LogP contribution is -2.08. The van der Waals surface area contributed by atoms with E-state index in [1.165, 1.54) is 0 Å². The second-order valence-corrected chi connectivity index (χ2v) is 3.53. The lowest BCUT2D eigenvalue weighted by Gasteiger charge is -1.99. The van der Waals surface area contributed by atoms with Gasteiger partial charge in [0.2, 0.25) is 0 Å². The minimum Gasteiger partial charge on any atom is -0.463 e. The molecule has 0 radical (unpaired) electrons. The van der Waals surface area contributed by atoms with Gasteiger partial charge in [-0.2, -0.15) is 0 Å². The summed E-state index contributed by atoms with van der Waals surface area (Å²) in [7, 11) is 0. The number of hydrogen-bond donors (Lipinski definition) is 1. The van der Waals surface area contributed by atoms with Crippen molar-refractivity contribution in [1.82, 2.24) is 0 Å². The largest absolute Gasteiger partial charge is 0.463 e. The molecule has 0 aliphatic carbocycles. The third-order valence-corrected chi connectivity index (χ3v) is 1.89. The molecule has 5 nitrogen and oxygen atoms in total. The Morgan fingerprint density at radius 2 is 2.00 bits per heavy atom. The lowest BCUT2D eigenvalue weighted by atomic mass is 10.3. The molecule has 88 valence electrons. The number of ether oxygens (including phenoxy) is 3. The Balaban J connectivity index is 0.000000187. The van der Waals surface area contributed by atoms with Gasteiger partial charge in [-0.15, -0.1) is 0 Å². The van der Waals surface area contributed by atoms with Crippen LogP contribution in [0.1, 0.15) is 19.8 Å². The lowest BCUT2D eigenvalue weighted by molar-refractivity contribution is -0.144. The summed E-state index contributed by atoms with van der Waals surface area (Å²) in [6.07, 6.45) is 1.76. The first-order valence-electron chi connectivity index (χ1n) is 5.26. The average molecular weight is 218 g/mol. The molecular weight excluding hydrogens is 200 g/mol. The van der Waals surface area contributed by atoms with Crippen LogP contribution in [0.4, 0.5) is 0 Å². The summed E-state index contributed by atoms with van der Waals surface area (Å²) in [6.45, 7) is 4.10. The molecule has 2 atom stereocenters. The van der Waals surface area contributed by atoms with Crippen molar-refractivity contribution in [2.24, 2.45) is 0 Å². The molecule has 0 aromatic rings. The monoisotopic (exact) mass is 218 g/mol. The van der Waals surface area contributed by atoms with E-state index in [-0.39, 0.29) is 24.8 Å². The van der Waals surface area contributed by atoms with Gasteiger partial charge in [0, 0.05) is 6.42 Å². The zero-order valence-corrected chi connectivity index (χ0v) is 8.98. The molecule has 2 rings (SSSR count). The molecule has 0 spiro atoms.